The van der Waals surface area contributed by atoms with Crippen LogP contribution >= 0.6 is 0 Å². The van der Waals surface area contributed by atoms with Gasteiger partial charge in [-0.3, -0.25) is 8.97 Å². The number of hydrogen-bond donors (Lipinski definition) is 0. The fraction of sp³-hybridized carbons (Fsp3) is 0. The smallest absolute Gasteiger partial charge is 0.220 e. The molecule has 0 N–H and O–H groups in total. The molecule has 3 aromatic heterocycles. The zero-order chi connectivity index (χ0) is 54.3. The third-order valence-corrected chi connectivity index (χ3v) is 15.7. The quantitative estimate of drug-likeness (QED) is 0.130. The van der Waals surface area contributed by atoms with Gasteiger partial charge in [-0.25, -0.2) is 15.0 Å². The molecule has 0 atom stereocenters. The average molecular weight is 1050 g/mol. The van der Waals surface area contributed by atoms with Gasteiger partial charge in [0.2, 0.25) is 5.78 Å². The summed E-state index contributed by atoms with van der Waals surface area (Å²) in [6, 6.07) is 110. The molecule has 0 bridgehead atoms. The molecule has 0 aliphatic rings. The molecular formula is C77H51N5. The largest absolute Gasteiger partial charge is 0.277 e. The molecule has 384 valence electrons. The van der Waals surface area contributed by atoms with Crippen molar-refractivity contribution >= 4 is 27.8 Å². The van der Waals surface area contributed by atoms with E-state index in [4.69, 9.17) is 15.0 Å². The molecule has 82 heavy (non-hydrogen) atoms. The van der Waals surface area contributed by atoms with Crippen molar-refractivity contribution in [3.63, 3.8) is 0 Å². The predicted octanol–water partition coefficient (Wildman–Crippen LogP) is 19.9. The van der Waals surface area contributed by atoms with Crippen molar-refractivity contribution in [1.29, 1.82) is 0 Å². The summed E-state index contributed by atoms with van der Waals surface area (Å²) in [6.07, 6.45) is 0. The maximum atomic E-state index is 5.66. The van der Waals surface area contributed by atoms with Gasteiger partial charge in [0.1, 0.15) is 0 Å². The fourth-order valence-electron chi connectivity index (χ4n) is 11.8. The van der Waals surface area contributed by atoms with Gasteiger partial charge in [-0.1, -0.05) is 255 Å². The number of hydrogen-bond acceptors (Lipinski definition) is 3. The third-order valence-electron chi connectivity index (χ3n) is 15.7. The van der Waals surface area contributed by atoms with E-state index >= 15 is 0 Å². The van der Waals surface area contributed by atoms with Crippen LogP contribution in [-0.4, -0.2) is 23.9 Å². The Morgan fingerprint density at radius 3 is 1.07 bits per heavy atom. The Bertz CT molecular complexity index is 4610. The van der Waals surface area contributed by atoms with Crippen LogP contribution in [0.3, 0.4) is 0 Å². The Balaban J connectivity index is 1.05. The van der Waals surface area contributed by atoms with Crippen LogP contribution < -0.4 is 0 Å². The molecule has 0 amide bonds. The van der Waals surface area contributed by atoms with Crippen molar-refractivity contribution in [3.05, 3.63) is 309 Å². The number of aromatic nitrogens is 5. The highest BCUT2D eigenvalue weighted by molar-refractivity contribution is 6.03. The highest BCUT2D eigenvalue weighted by Gasteiger charge is 2.27. The maximum Gasteiger partial charge on any atom is 0.220 e. The van der Waals surface area contributed by atoms with E-state index in [-0.39, 0.29) is 0 Å². The Morgan fingerprint density at radius 1 is 0.232 bits per heavy atom. The van der Waals surface area contributed by atoms with Gasteiger partial charge in [-0.2, -0.15) is 0 Å². The van der Waals surface area contributed by atoms with E-state index < -0.39 is 0 Å². The van der Waals surface area contributed by atoms with Crippen LogP contribution in [0.1, 0.15) is 0 Å². The monoisotopic (exact) mass is 1050 g/mol. The van der Waals surface area contributed by atoms with E-state index in [9.17, 15) is 0 Å². The molecule has 0 saturated heterocycles. The molecule has 15 rings (SSSR count). The number of imidazole rings is 2. The number of rotatable bonds is 11. The van der Waals surface area contributed by atoms with Crippen LogP contribution in [0, 0.1) is 0 Å². The first-order valence-corrected chi connectivity index (χ1v) is 27.8. The van der Waals surface area contributed by atoms with Gasteiger partial charge in [0.25, 0.3) is 0 Å². The average Bonchev–Trinajstić information content (AvgIpc) is 3.49. The summed E-state index contributed by atoms with van der Waals surface area (Å²) in [7, 11) is 0. The van der Waals surface area contributed by atoms with Crippen LogP contribution in [0.5, 0.6) is 0 Å². The summed E-state index contributed by atoms with van der Waals surface area (Å²) in [5, 5.41) is 0. The van der Waals surface area contributed by atoms with Gasteiger partial charge < -0.3 is 0 Å². The van der Waals surface area contributed by atoms with Crippen LogP contribution in [0.15, 0.2) is 309 Å². The van der Waals surface area contributed by atoms with E-state index in [1.54, 1.807) is 0 Å². The van der Waals surface area contributed by atoms with Gasteiger partial charge >= 0.3 is 0 Å². The van der Waals surface area contributed by atoms with E-state index in [1.165, 1.54) is 0 Å². The lowest BCUT2D eigenvalue weighted by molar-refractivity contribution is 1.11. The van der Waals surface area contributed by atoms with E-state index in [0.717, 1.165) is 139 Å². The minimum Gasteiger partial charge on any atom is -0.277 e. The normalized spacial score (nSPS) is 11.4. The molecule has 0 unspecified atom stereocenters. The van der Waals surface area contributed by atoms with Crippen LogP contribution in [0.2, 0.25) is 0 Å². The van der Waals surface area contributed by atoms with Gasteiger partial charge in [0.15, 0.2) is 5.82 Å². The van der Waals surface area contributed by atoms with Gasteiger partial charge in [0.05, 0.1) is 39.1 Å². The number of nitrogens with zero attached hydrogens (tertiary/aromatic N) is 5. The second kappa shape index (κ2) is 20.7. The zero-order valence-electron chi connectivity index (χ0n) is 44.7. The third kappa shape index (κ3) is 8.74. The highest BCUT2D eigenvalue weighted by Crippen LogP contribution is 2.47. The summed E-state index contributed by atoms with van der Waals surface area (Å²) in [4.78, 5) is 16.4. The molecule has 0 radical (unpaired) electrons. The maximum absolute atomic E-state index is 5.66. The zero-order valence-corrected chi connectivity index (χ0v) is 44.7. The fourth-order valence-corrected chi connectivity index (χ4v) is 11.8. The topological polar surface area (TPSA) is 48.0 Å². The molecule has 12 aromatic carbocycles. The molecule has 0 aliphatic carbocycles. The Labute approximate surface area is 476 Å². The number of benzene rings is 12. The first-order valence-electron chi connectivity index (χ1n) is 27.8. The molecule has 5 nitrogen and oxygen atoms in total. The Hall–Kier alpha value is -11.0. The minimum absolute atomic E-state index is 0.649. The highest BCUT2D eigenvalue weighted by atomic mass is 15.2. The second-order valence-corrected chi connectivity index (χ2v) is 20.7. The lowest BCUT2D eigenvalue weighted by atomic mass is 9.85. The van der Waals surface area contributed by atoms with Crippen molar-refractivity contribution in [1.82, 2.24) is 23.9 Å². The molecule has 0 fully saturated rings. The molecule has 0 aliphatic heterocycles. The summed E-state index contributed by atoms with van der Waals surface area (Å²) in [5.74, 6) is 1.47. The summed E-state index contributed by atoms with van der Waals surface area (Å²) < 4.78 is 4.81. The summed E-state index contributed by atoms with van der Waals surface area (Å²) >= 11 is 0. The second-order valence-electron chi connectivity index (χ2n) is 20.7. The van der Waals surface area contributed by atoms with Crippen molar-refractivity contribution < 1.29 is 0 Å². The molecular weight excluding hydrogens is 995 g/mol. The Kier molecular flexibility index (Phi) is 12.1. The molecule has 5 heteroatoms. The van der Waals surface area contributed by atoms with Crippen molar-refractivity contribution in [2.45, 2.75) is 0 Å². The van der Waals surface area contributed by atoms with E-state index in [2.05, 4.69) is 306 Å². The molecule has 15 aromatic rings. The van der Waals surface area contributed by atoms with Crippen LogP contribution in [0.4, 0.5) is 0 Å². The summed E-state index contributed by atoms with van der Waals surface area (Å²) in [6.45, 7) is 0. The lowest BCUT2D eigenvalue weighted by Crippen LogP contribution is -2.02. The van der Waals surface area contributed by atoms with E-state index in [0.29, 0.717) is 5.82 Å². The van der Waals surface area contributed by atoms with Crippen molar-refractivity contribution in [3.8, 4) is 117 Å². The first kappa shape index (κ1) is 48.1. The molecule has 3 heterocycles. The molecule has 0 saturated carbocycles. The van der Waals surface area contributed by atoms with Gasteiger partial charge in [0, 0.05) is 27.8 Å². The predicted molar refractivity (Wildman–Crippen MR) is 339 cm³/mol. The van der Waals surface area contributed by atoms with Gasteiger partial charge in [-0.05, 0) is 121 Å². The van der Waals surface area contributed by atoms with Crippen molar-refractivity contribution in [2.75, 3.05) is 0 Å². The van der Waals surface area contributed by atoms with Gasteiger partial charge in [-0.15, -0.1) is 0 Å². The lowest BCUT2D eigenvalue weighted by Gasteiger charge is -2.21. The van der Waals surface area contributed by atoms with Crippen molar-refractivity contribution in [2.24, 2.45) is 0 Å². The SMILES string of the molecule is c1ccc(-c2cc(-c3ccccc3)c(-n3c4ccc(-c5c(-c6ccccc6)cc(-c6nc(-c7ccccc7)cc(-c7ccccc7)n6)cc5-c5ccccc5)cc4n4c5cc(-c6ccccc6)ccc5nc34)c(-c3ccccc3)c2)cc1. The summed E-state index contributed by atoms with van der Waals surface area (Å²) in [5.41, 5.74) is 25.2. The Morgan fingerprint density at radius 2 is 0.610 bits per heavy atom. The van der Waals surface area contributed by atoms with Crippen LogP contribution in [-0.2, 0) is 0 Å². The standard InChI is InChI=1S/C77H51N5/c1-9-25-52(26-10-1)60-41-43-68-72(49-60)81-73-50-61(42-44-71(73)82(77(81)80-68)75-66(56-33-17-5-18-34-56)45-62(53-27-11-2-12-28-53)46-67(75)57-35-19-6-20-36-57)74-64(54-29-13-3-14-30-54)47-63(48-65(74)55-31-15-4-16-32-55)76-78-69(58-37-21-7-22-38-58)51-70(79-76)59-39-23-8-24-40-59/h1-51H. The van der Waals surface area contributed by atoms with E-state index in [1.807, 2.05) is 12.1 Å². The minimum atomic E-state index is 0.649. The van der Waals surface area contributed by atoms with Crippen LogP contribution in [0.25, 0.3) is 145 Å². The number of fused-ring (bicyclic) bond motifs is 5. The first-order chi connectivity index (χ1) is 40.7. The molecule has 0 spiro atoms.